The first-order valence-corrected chi connectivity index (χ1v) is 12.4. The zero-order chi connectivity index (χ0) is 30.3. The molecule has 0 spiro atoms. The van der Waals surface area contributed by atoms with E-state index < -0.39 is 58.1 Å². The largest absolute Gasteiger partial charge is 0.465 e. The Morgan fingerprint density at radius 1 is 0.929 bits per heavy atom. The number of ketones is 3. The summed E-state index contributed by atoms with van der Waals surface area (Å²) in [5.74, 6) is -7.56. The molecule has 1 unspecified atom stereocenters. The highest BCUT2D eigenvalue weighted by Gasteiger charge is 2.39. The minimum absolute atomic E-state index is 0.00915. The van der Waals surface area contributed by atoms with Crippen molar-refractivity contribution in [3.63, 3.8) is 0 Å². The molecule has 1 aromatic heterocycles. The highest BCUT2D eigenvalue weighted by molar-refractivity contribution is 6.45. The maximum atomic E-state index is 13.3. The van der Waals surface area contributed by atoms with Crippen molar-refractivity contribution < 1.29 is 41.9 Å². The van der Waals surface area contributed by atoms with Crippen molar-refractivity contribution in [3.8, 4) is 0 Å². The zero-order valence-corrected chi connectivity index (χ0v) is 21.5. The van der Waals surface area contributed by atoms with Gasteiger partial charge < -0.3 is 15.0 Å². The third-order valence-electron chi connectivity index (χ3n) is 6.51. The second kappa shape index (κ2) is 10.5. The predicted octanol–water partition coefficient (Wildman–Crippen LogP) is 3.57. The number of halogens is 3. The summed E-state index contributed by atoms with van der Waals surface area (Å²) < 4.78 is 44.1. The standard InChI is InChI=1S/C29H18F3N3O7/c1-2-42-28(41)20(25(38)27(40)33-14-7-5-6-13(12-14)29(30,31)32)22-26(39)35-21-18(34-22)11-10-17-19(21)24(37)16-9-4-3-8-15(16)23(17)36/h3-12,20H,2H2,1H3,(H,33,40)(H,35,39). The molecule has 0 saturated carbocycles. The Bertz CT molecular complexity index is 1900. The van der Waals surface area contributed by atoms with Gasteiger partial charge in [-0.3, -0.25) is 28.8 Å². The van der Waals surface area contributed by atoms with E-state index in [0.29, 0.717) is 6.07 Å². The van der Waals surface area contributed by atoms with E-state index in [9.17, 15) is 41.9 Å². The number of nitrogens with zero attached hydrogens (tertiary/aromatic N) is 1. The molecular formula is C29H18F3N3O7. The molecule has 10 nitrogen and oxygen atoms in total. The van der Waals surface area contributed by atoms with Gasteiger partial charge in [0.2, 0.25) is 5.78 Å². The number of nitrogens with one attached hydrogen (secondary N) is 2. The van der Waals surface area contributed by atoms with Gasteiger partial charge in [0, 0.05) is 22.4 Å². The van der Waals surface area contributed by atoms with Crippen LogP contribution in [0, 0.1) is 0 Å². The fourth-order valence-electron chi connectivity index (χ4n) is 4.61. The minimum Gasteiger partial charge on any atom is -0.465 e. The maximum Gasteiger partial charge on any atom is 0.416 e. The van der Waals surface area contributed by atoms with Crippen molar-refractivity contribution in [2.24, 2.45) is 0 Å². The first-order chi connectivity index (χ1) is 19.9. The Morgan fingerprint density at radius 2 is 1.62 bits per heavy atom. The van der Waals surface area contributed by atoms with Crippen molar-refractivity contribution >= 4 is 45.9 Å². The Balaban J connectivity index is 1.56. The van der Waals surface area contributed by atoms with Gasteiger partial charge in [-0.25, -0.2) is 4.98 Å². The third-order valence-corrected chi connectivity index (χ3v) is 6.51. The van der Waals surface area contributed by atoms with E-state index in [1.165, 1.54) is 31.2 Å². The molecule has 1 amide bonds. The normalized spacial score (nSPS) is 13.2. The van der Waals surface area contributed by atoms with Crippen LogP contribution in [0.25, 0.3) is 11.0 Å². The number of aromatic amines is 1. The fraction of sp³-hybridized carbons (Fsp3) is 0.138. The number of hydrogen-bond donors (Lipinski definition) is 2. The molecule has 0 aliphatic heterocycles. The van der Waals surface area contributed by atoms with Crippen LogP contribution in [0.5, 0.6) is 0 Å². The van der Waals surface area contributed by atoms with Crippen LogP contribution < -0.4 is 10.9 Å². The lowest BCUT2D eigenvalue weighted by atomic mass is 9.83. The number of carbonyl (C=O) groups excluding carboxylic acids is 5. The lowest BCUT2D eigenvalue weighted by Crippen LogP contribution is -2.37. The van der Waals surface area contributed by atoms with Crippen molar-refractivity contribution in [3.05, 3.63) is 105 Å². The van der Waals surface area contributed by atoms with E-state index in [2.05, 4.69) is 9.97 Å². The molecule has 1 heterocycles. The van der Waals surface area contributed by atoms with Gasteiger partial charge in [0.15, 0.2) is 17.5 Å². The van der Waals surface area contributed by atoms with Gasteiger partial charge in [-0.15, -0.1) is 0 Å². The number of anilines is 1. The summed E-state index contributed by atoms with van der Waals surface area (Å²) in [6, 6.07) is 12.2. The highest BCUT2D eigenvalue weighted by atomic mass is 19.4. The molecule has 5 rings (SSSR count). The Morgan fingerprint density at radius 3 is 2.29 bits per heavy atom. The second-order valence-electron chi connectivity index (χ2n) is 9.12. The molecule has 42 heavy (non-hydrogen) atoms. The number of fused-ring (bicyclic) bond motifs is 4. The molecule has 2 N–H and O–H groups in total. The average molecular weight is 577 g/mol. The lowest BCUT2D eigenvalue weighted by molar-refractivity contribution is -0.150. The number of carbonyl (C=O) groups is 5. The molecular weight excluding hydrogens is 559 g/mol. The van der Waals surface area contributed by atoms with E-state index in [1.54, 1.807) is 12.1 Å². The van der Waals surface area contributed by atoms with E-state index in [0.717, 1.165) is 18.2 Å². The second-order valence-corrected chi connectivity index (χ2v) is 9.12. The monoisotopic (exact) mass is 577 g/mol. The van der Waals surface area contributed by atoms with Crippen molar-refractivity contribution in [2.75, 3.05) is 11.9 Å². The zero-order valence-electron chi connectivity index (χ0n) is 21.5. The summed E-state index contributed by atoms with van der Waals surface area (Å²) in [7, 11) is 0. The molecule has 1 atom stereocenters. The van der Waals surface area contributed by atoms with Crippen LogP contribution in [0.2, 0.25) is 0 Å². The molecule has 0 radical (unpaired) electrons. The molecule has 1 aliphatic rings. The van der Waals surface area contributed by atoms with Crippen LogP contribution in [-0.2, 0) is 25.3 Å². The first-order valence-electron chi connectivity index (χ1n) is 12.4. The van der Waals surface area contributed by atoms with Gasteiger partial charge in [-0.2, -0.15) is 13.2 Å². The minimum atomic E-state index is -4.73. The van der Waals surface area contributed by atoms with E-state index in [1.807, 2.05) is 5.32 Å². The summed E-state index contributed by atoms with van der Waals surface area (Å²) in [5.41, 5.74) is -3.40. The number of H-pyrrole nitrogens is 1. The summed E-state index contributed by atoms with van der Waals surface area (Å²) in [6.45, 7) is 1.17. The maximum absolute atomic E-state index is 13.3. The van der Waals surface area contributed by atoms with Gasteiger partial charge in [0.25, 0.3) is 11.5 Å². The van der Waals surface area contributed by atoms with Crippen molar-refractivity contribution in [1.29, 1.82) is 0 Å². The number of hydrogen-bond acceptors (Lipinski definition) is 8. The van der Waals surface area contributed by atoms with Crippen LogP contribution in [0.15, 0.2) is 65.5 Å². The smallest absolute Gasteiger partial charge is 0.416 e. The van der Waals surface area contributed by atoms with E-state index in [-0.39, 0.29) is 45.6 Å². The lowest BCUT2D eigenvalue weighted by Gasteiger charge is -2.19. The third kappa shape index (κ3) is 4.85. The summed E-state index contributed by atoms with van der Waals surface area (Å²) in [5, 5.41) is 2.00. The summed E-state index contributed by atoms with van der Waals surface area (Å²) >= 11 is 0. The molecule has 3 aromatic carbocycles. The van der Waals surface area contributed by atoms with Crippen LogP contribution >= 0.6 is 0 Å². The Labute approximate surface area is 233 Å². The Hall–Kier alpha value is -5.46. The number of amides is 1. The van der Waals surface area contributed by atoms with E-state index in [4.69, 9.17) is 4.74 Å². The number of benzene rings is 3. The molecule has 0 saturated heterocycles. The van der Waals surface area contributed by atoms with E-state index >= 15 is 0 Å². The average Bonchev–Trinajstić information content (AvgIpc) is 2.95. The Kier molecular flexibility index (Phi) is 7.02. The quantitative estimate of drug-likeness (QED) is 0.177. The summed E-state index contributed by atoms with van der Waals surface area (Å²) in [4.78, 5) is 84.8. The number of alkyl halides is 3. The molecule has 0 fully saturated rings. The summed E-state index contributed by atoms with van der Waals surface area (Å²) in [6.07, 6.45) is -4.73. The van der Waals surface area contributed by atoms with Gasteiger partial charge >= 0.3 is 12.1 Å². The topological polar surface area (TPSA) is 152 Å². The van der Waals surface area contributed by atoms with Crippen molar-refractivity contribution in [2.45, 2.75) is 19.0 Å². The van der Waals surface area contributed by atoms with Crippen LogP contribution in [0.4, 0.5) is 18.9 Å². The highest BCUT2D eigenvalue weighted by Crippen LogP contribution is 2.32. The van der Waals surface area contributed by atoms with Crippen LogP contribution in [0.1, 0.15) is 55.9 Å². The predicted molar refractivity (Wildman–Crippen MR) is 140 cm³/mol. The molecule has 1 aliphatic carbocycles. The fourth-order valence-corrected chi connectivity index (χ4v) is 4.61. The number of ether oxygens (including phenoxy) is 1. The van der Waals surface area contributed by atoms with Gasteiger partial charge in [-0.1, -0.05) is 30.3 Å². The van der Waals surface area contributed by atoms with Crippen LogP contribution in [-0.4, -0.2) is 45.8 Å². The molecule has 212 valence electrons. The van der Waals surface area contributed by atoms with Gasteiger partial charge in [-0.05, 0) is 37.3 Å². The van der Waals surface area contributed by atoms with Crippen LogP contribution in [0.3, 0.4) is 0 Å². The number of aromatic nitrogens is 2. The van der Waals surface area contributed by atoms with Crippen molar-refractivity contribution in [1.82, 2.24) is 9.97 Å². The van der Waals surface area contributed by atoms with Gasteiger partial charge in [0.1, 0.15) is 5.69 Å². The SMILES string of the molecule is CCOC(=O)C(C(=O)C(=O)Nc1cccc(C(F)(F)F)c1)c1nc2ccc3c(c2[nH]c1=O)C(=O)c1ccccc1C3=O. The number of rotatable bonds is 6. The molecule has 4 aromatic rings. The molecule has 13 heteroatoms. The van der Waals surface area contributed by atoms with Gasteiger partial charge in [0.05, 0.1) is 28.8 Å². The first kappa shape index (κ1) is 28.1. The number of esters is 1. The number of Topliss-reactive ketones (excluding diaryl/α,β-unsaturated/α-hetero) is 1. The molecule has 0 bridgehead atoms.